The van der Waals surface area contributed by atoms with Gasteiger partial charge in [-0.1, -0.05) is 6.92 Å². The zero-order chi connectivity index (χ0) is 9.19. The second-order valence-electron chi connectivity index (χ2n) is 3.20. The molecule has 1 saturated heterocycles. The van der Waals surface area contributed by atoms with Crippen LogP contribution in [0.5, 0.6) is 0 Å². The number of rotatable bonds is 3. The van der Waals surface area contributed by atoms with Crippen LogP contribution in [-0.4, -0.2) is 43.7 Å². The van der Waals surface area contributed by atoms with Crippen molar-refractivity contribution in [2.24, 2.45) is 0 Å². The van der Waals surface area contributed by atoms with Gasteiger partial charge in [0.05, 0.1) is 17.6 Å². The lowest BCUT2D eigenvalue weighted by atomic mass is 10.2. The van der Waals surface area contributed by atoms with Gasteiger partial charge in [0.15, 0.2) is 9.84 Å². The number of hydrogen-bond acceptors (Lipinski definition) is 4. The molecule has 0 amide bonds. The first kappa shape index (κ1) is 13.2. The van der Waals surface area contributed by atoms with Crippen molar-refractivity contribution in [2.75, 3.05) is 18.1 Å². The number of aliphatic hydroxyl groups excluding tert-OH is 1. The topological polar surface area (TPSA) is 66.4 Å². The maximum absolute atomic E-state index is 11.0. The van der Waals surface area contributed by atoms with Crippen molar-refractivity contribution in [3.8, 4) is 0 Å². The highest BCUT2D eigenvalue weighted by Crippen LogP contribution is 2.11. The van der Waals surface area contributed by atoms with Crippen LogP contribution in [0.4, 0.5) is 0 Å². The van der Waals surface area contributed by atoms with Crippen molar-refractivity contribution in [3.05, 3.63) is 0 Å². The Labute approximate surface area is 85.0 Å². The number of sulfone groups is 1. The Bertz CT molecular complexity index is 242. The number of aliphatic hydroxyl groups is 1. The zero-order valence-electron chi connectivity index (χ0n) is 7.56. The Morgan fingerprint density at radius 1 is 1.46 bits per heavy atom. The minimum Gasteiger partial charge on any atom is -0.390 e. The van der Waals surface area contributed by atoms with E-state index in [-0.39, 0.29) is 30.0 Å². The van der Waals surface area contributed by atoms with Gasteiger partial charge in [-0.15, -0.1) is 12.4 Å². The molecule has 0 aromatic carbocycles. The van der Waals surface area contributed by atoms with Crippen molar-refractivity contribution in [3.63, 3.8) is 0 Å². The maximum Gasteiger partial charge on any atom is 0.154 e. The summed E-state index contributed by atoms with van der Waals surface area (Å²) in [5, 5.41) is 12.3. The van der Waals surface area contributed by atoms with Gasteiger partial charge in [0, 0.05) is 6.04 Å². The van der Waals surface area contributed by atoms with Crippen molar-refractivity contribution >= 4 is 22.2 Å². The van der Waals surface area contributed by atoms with Gasteiger partial charge in [-0.25, -0.2) is 8.42 Å². The quantitative estimate of drug-likeness (QED) is 0.689. The first-order valence-corrected chi connectivity index (χ1v) is 5.99. The molecule has 2 atom stereocenters. The third-order valence-electron chi connectivity index (χ3n) is 1.98. The second-order valence-corrected chi connectivity index (χ2v) is 5.36. The fourth-order valence-corrected chi connectivity index (χ4v) is 3.13. The fraction of sp³-hybridized carbons (Fsp3) is 1.00. The molecule has 2 unspecified atom stereocenters. The molecule has 1 rings (SSSR count). The number of hydrogen-bond donors (Lipinski definition) is 2. The molecule has 0 aromatic rings. The minimum atomic E-state index is -2.99. The van der Waals surface area contributed by atoms with Crippen LogP contribution in [-0.2, 0) is 9.84 Å². The summed E-state index contributed by atoms with van der Waals surface area (Å²) in [5.74, 6) is -0.0114. The van der Waals surface area contributed by atoms with Crippen molar-refractivity contribution < 1.29 is 13.5 Å². The third kappa shape index (κ3) is 3.81. The predicted molar refractivity (Wildman–Crippen MR) is 54.0 cm³/mol. The first-order valence-electron chi connectivity index (χ1n) is 4.17. The highest BCUT2D eigenvalue weighted by molar-refractivity contribution is 7.91. The molecule has 1 fully saturated rings. The van der Waals surface area contributed by atoms with E-state index in [0.717, 1.165) is 13.0 Å². The summed E-state index contributed by atoms with van der Waals surface area (Å²) < 4.78 is 22.0. The smallest absolute Gasteiger partial charge is 0.154 e. The van der Waals surface area contributed by atoms with E-state index in [1.54, 1.807) is 0 Å². The molecule has 1 aliphatic rings. The highest BCUT2D eigenvalue weighted by atomic mass is 35.5. The van der Waals surface area contributed by atoms with Gasteiger partial charge >= 0.3 is 0 Å². The second kappa shape index (κ2) is 5.14. The van der Waals surface area contributed by atoms with Crippen LogP contribution in [0.15, 0.2) is 0 Å². The van der Waals surface area contributed by atoms with E-state index in [0.29, 0.717) is 0 Å². The Morgan fingerprint density at radius 2 is 2.08 bits per heavy atom. The van der Waals surface area contributed by atoms with Gasteiger partial charge in [-0.05, 0) is 13.0 Å². The van der Waals surface area contributed by atoms with Crippen molar-refractivity contribution in [2.45, 2.75) is 25.5 Å². The van der Waals surface area contributed by atoms with E-state index in [4.69, 9.17) is 0 Å². The van der Waals surface area contributed by atoms with Crippen molar-refractivity contribution in [1.82, 2.24) is 5.32 Å². The number of halogens is 1. The Morgan fingerprint density at radius 3 is 2.46 bits per heavy atom. The number of nitrogens with one attached hydrogen (secondary N) is 1. The van der Waals surface area contributed by atoms with Crippen LogP contribution < -0.4 is 5.32 Å². The highest BCUT2D eigenvalue weighted by Gasteiger charge is 2.35. The molecule has 13 heavy (non-hydrogen) atoms. The van der Waals surface area contributed by atoms with Gasteiger partial charge < -0.3 is 10.4 Å². The molecular formula is C7H16ClNO3S. The lowest BCUT2D eigenvalue weighted by Crippen LogP contribution is -2.39. The van der Waals surface area contributed by atoms with Gasteiger partial charge in [-0.3, -0.25) is 0 Å². The summed E-state index contributed by atoms with van der Waals surface area (Å²) >= 11 is 0. The largest absolute Gasteiger partial charge is 0.390 e. The van der Waals surface area contributed by atoms with Crippen LogP contribution in [0.1, 0.15) is 13.3 Å². The van der Waals surface area contributed by atoms with Crippen LogP contribution in [0.3, 0.4) is 0 Å². The first-order chi connectivity index (χ1) is 5.55. The van der Waals surface area contributed by atoms with Gasteiger partial charge in [-0.2, -0.15) is 0 Å². The molecule has 0 spiro atoms. The summed E-state index contributed by atoms with van der Waals surface area (Å²) in [6, 6.07) is -0.255. The van der Waals surface area contributed by atoms with Gasteiger partial charge in [0.25, 0.3) is 0 Å². The van der Waals surface area contributed by atoms with E-state index in [1.807, 2.05) is 6.92 Å². The summed E-state index contributed by atoms with van der Waals surface area (Å²) in [6.07, 6.45) is 0.227. The lowest BCUT2D eigenvalue weighted by molar-refractivity contribution is 0.166. The summed E-state index contributed by atoms with van der Waals surface area (Å²) in [5.41, 5.74) is 0. The molecule has 0 aliphatic carbocycles. The van der Waals surface area contributed by atoms with Gasteiger partial charge in [0.1, 0.15) is 0 Å². The van der Waals surface area contributed by atoms with E-state index in [1.165, 1.54) is 0 Å². The van der Waals surface area contributed by atoms with E-state index in [9.17, 15) is 13.5 Å². The Hall–Kier alpha value is 0.160. The SMILES string of the molecule is CCCNC1CS(=O)(=O)CC1O.Cl. The lowest BCUT2D eigenvalue weighted by Gasteiger charge is -2.13. The summed E-state index contributed by atoms with van der Waals surface area (Å²) in [6.45, 7) is 2.76. The van der Waals surface area contributed by atoms with Crippen molar-refractivity contribution in [1.29, 1.82) is 0 Å². The molecule has 0 aromatic heterocycles. The fourth-order valence-electron chi connectivity index (χ4n) is 1.35. The van der Waals surface area contributed by atoms with Gasteiger partial charge in [0.2, 0.25) is 0 Å². The summed E-state index contributed by atoms with van der Waals surface area (Å²) in [7, 11) is -2.99. The maximum atomic E-state index is 11.0. The normalized spacial score (nSPS) is 31.2. The average Bonchev–Trinajstić information content (AvgIpc) is 2.20. The van der Waals surface area contributed by atoms with E-state index < -0.39 is 15.9 Å². The molecule has 0 bridgehead atoms. The predicted octanol–water partition coefficient (Wildman–Crippen LogP) is -0.434. The molecule has 0 saturated carbocycles. The molecular weight excluding hydrogens is 214 g/mol. The molecule has 1 aliphatic heterocycles. The Kier molecular flexibility index (Phi) is 5.21. The van der Waals surface area contributed by atoms with Crippen LogP contribution in [0.2, 0.25) is 0 Å². The molecule has 1 heterocycles. The molecule has 0 radical (unpaired) electrons. The average molecular weight is 230 g/mol. The molecule has 4 nitrogen and oxygen atoms in total. The van der Waals surface area contributed by atoms with E-state index in [2.05, 4.69) is 5.32 Å². The molecule has 6 heteroatoms. The Balaban J connectivity index is 0.00000144. The van der Waals surface area contributed by atoms with Crippen LogP contribution in [0.25, 0.3) is 0 Å². The monoisotopic (exact) mass is 229 g/mol. The van der Waals surface area contributed by atoms with Crippen LogP contribution in [0, 0.1) is 0 Å². The third-order valence-corrected chi connectivity index (χ3v) is 3.70. The zero-order valence-corrected chi connectivity index (χ0v) is 9.20. The minimum absolute atomic E-state index is 0. The van der Waals surface area contributed by atoms with Crippen LogP contribution >= 0.6 is 12.4 Å². The summed E-state index contributed by atoms with van der Waals surface area (Å²) in [4.78, 5) is 0. The van der Waals surface area contributed by atoms with E-state index >= 15 is 0 Å². The standard InChI is InChI=1S/C7H15NO3S.ClH/c1-2-3-8-6-4-12(10,11)5-7(6)9;/h6-9H,2-5H2,1H3;1H. The molecule has 80 valence electrons. The molecule has 2 N–H and O–H groups in total.